The van der Waals surface area contributed by atoms with Crippen molar-refractivity contribution in [2.45, 2.75) is 145 Å². The van der Waals surface area contributed by atoms with Crippen LogP contribution in [0.15, 0.2) is 12.2 Å². The molecule has 274 valence electrons. The molecule has 4 aliphatic heterocycles. The summed E-state index contributed by atoms with van der Waals surface area (Å²) in [5, 5.41) is 12.1. The first kappa shape index (κ1) is 37.5. The van der Waals surface area contributed by atoms with Crippen LogP contribution in [-0.2, 0) is 23.9 Å². The lowest BCUT2D eigenvalue weighted by molar-refractivity contribution is -0.129. The van der Waals surface area contributed by atoms with Gasteiger partial charge in [-0.3, -0.25) is 30.0 Å². The molecule has 0 spiro atoms. The van der Waals surface area contributed by atoms with Crippen molar-refractivity contribution in [3.05, 3.63) is 12.2 Å². The SMILES string of the molecule is O=C(CCCC1CCCCC1)NCC(=O)NCC1C2CCC(O2)C1C/C=C\CCCC(=O)NNC(=O)CCCCC1SC[C@@H]2NC(=O)N[C@H]12. The second-order valence-corrected chi connectivity index (χ2v) is 15.9. The van der Waals surface area contributed by atoms with Gasteiger partial charge in [0.15, 0.2) is 0 Å². The number of thioether (sulfide) groups is 1. The largest absolute Gasteiger partial charge is 0.374 e. The molecule has 2 bridgehead atoms. The van der Waals surface area contributed by atoms with Gasteiger partial charge in [-0.25, -0.2) is 4.79 Å². The molecule has 1 saturated carbocycles. The lowest BCUT2D eigenvalue weighted by atomic mass is 9.77. The summed E-state index contributed by atoms with van der Waals surface area (Å²) >= 11 is 1.87. The predicted molar refractivity (Wildman–Crippen MR) is 189 cm³/mol. The number of unbranched alkanes of at least 4 members (excludes halogenated alkanes) is 2. The second kappa shape index (κ2) is 19.6. The molecule has 5 aliphatic rings. The van der Waals surface area contributed by atoms with Crippen molar-refractivity contribution in [1.82, 2.24) is 32.1 Å². The van der Waals surface area contributed by atoms with Crippen LogP contribution in [0.5, 0.6) is 0 Å². The molecule has 1 aliphatic carbocycles. The number of hydrogen-bond donors (Lipinski definition) is 6. The molecule has 13 heteroatoms. The number of urea groups is 1. The number of hydrazine groups is 1. The van der Waals surface area contributed by atoms with Crippen LogP contribution in [0.1, 0.15) is 116 Å². The maximum Gasteiger partial charge on any atom is 0.315 e. The average molecular weight is 703 g/mol. The summed E-state index contributed by atoms with van der Waals surface area (Å²) in [6.45, 7) is 0.576. The highest BCUT2D eigenvalue weighted by molar-refractivity contribution is 8.00. The van der Waals surface area contributed by atoms with Crippen molar-refractivity contribution in [2.24, 2.45) is 17.8 Å². The molecule has 4 heterocycles. The van der Waals surface area contributed by atoms with E-state index in [2.05, 4.69) is 44.3 Å². The van der Waals surface area contributed by atoms with E-state index in [1.165, 1.54) is 32.1 Å². The van der Waals surface area contributed by atoms with Crippen molar-refractivity contribution in [2.75, 3.05) is 18.8 Å². The van der Waals surface area contributed by atoms with Crippen molar-refractivity contribution >= 4 is 41.4 Å². The highest BCUT2D eigenvalue weighted by atomic mass is 32.2. The van der Waals surface area contributed by atoms with Gasteiger partial charge in [0.05, 0.1) is 30.8 Å². The fourth-order valence-corrected chi connectivity index (χ4v) is 9.90. The zero-order chi connectivity index (χ0) is 34.4. The third-order valence-corrected chi connectivity index (χ3v) is 12.6. The molecule has 49 heavy (non-hydrogen) atoms. The van der Waals surface area contributed by atoms with Gasteiger partial charge in [0.25, 0.3) is 0 Å². The Hall–Kier alpha value is -2.80. The van der Waals surface area contributed by atoms with E-state index in [1.807, 2.05) is 11.8 Å². The molecule has 0 radical (unpaired) electrons. The van der Waals surface area contributed by atoms with Crippen LogP contribution in [0, 0.1) is 17.8 Å². The van der Waals surface area contributed by atoms with E-state index < -0.39 is 0 Å². The molecule has 6 N–H and O–H groups in total. The Labute approximate surface area is 295 Å². The standard InChI is InChI=1S/C36H58N6O6S/c43-31(18-10-13-24-11-4-3-5-12-24)38-22-34(46)37-21-26-25(28-19-20-29(26)48-28)14-6-1-2-7-16-32(44)41-42-33(45)17-9-8-15-30-35-27(23-49-30)39-36(47)40-35/h1,6,24-30,35H,2-5,7-23H2,(H,37,46)(H,38,43)(H,41,44)(H,42,45)(H2,39,40,47)/b6-1-/t25?,26?,27-,28?,29?,30?,35-/m0/s1. The first-order valence-electron chi connectivity index (χ1n) is 19.0. The van der Waals surface area contributed by atoms with Crippen LogP contribution < -0.4 is 32.1 Å². The highest BCUT2D eigenvalue weighted by Crippen LogP contribution is 2.45. The quantitative estimate of drug-likeness (QED) is 0.0516. The summed E-state index contributed by atoms with van der Waals surface area (Å²) in [7, 11) is 0. The van der Waals surface area contributed by atoms with Crippen LogP contribution in [0.2, 0.25) is 0 Å². The van der Waals surface area contributed by atoms with Gasteiger partial charge < -0.3 is 26.0 Å². The fraction of sp³-hybridized carbons (Fsp3) is 0.806. The lowest BCUT2D eigenvalue weighted by Gasteiger charge is -2.27. The minimum atomic E-state index is -0.201. The second-order valence-electron chi connectivity index (χ2n) is 14.7. The first-order valence-corrected chi connectivity index (χ1v) is 20.0. The van der Waals surface area contributed by atoms with Gasteiger partial charge in [0, 0.05) is 42.7 Å². The van der Waals surface area contributed by atoms with Crippen LogP contribution in [0.25, 0.3) is 0 Å². The van der Waals surface area contributed by atoms with Gasteiger partial charge in [0.1, 0.15) is 0 Å². The van der Waals surface area contributed by atoms with Crippen molar-refractivity contribution < 1.29 is 28.7 Å². The van der Waals surface area contributed by atoms with E-state index in [-0.39, 0.29) is 66.4 Å². The summed E-state index contributed by atoms with van der Waals surface area (Å²) < 4.78 is 6.19. The molecule has 5 unspecified atom stereocenters. The number of fused-ring (bicyclic) bond motifs is 3. The molecule has 0 aromatic carbocycles. The number of amides is 6. The Kier molecular flexibility index (Phi) is 14.9. The van der Waals surface area contributed by atoms with Gasteiger partial charge >= 0.3 is 6.03 Å². The predicted octanol–water partition coefficient (Wildman–Crippen LogP) is 3.75. The van der Waals surface area contributed by atoms with E-state index in [9.17, 15) is 24.0 Å². The van der Waals surface area contributed by atoms with Gasteiger partial charge in [-0.15, -0.1) is 0 Å². The number of nitrogens with one attached hydrogen (secondary N) is 6. The van der Waals surface area contributed by atoms with Gasteiger partial charge in [-0.1, -0.05) is 50.7 Å². The summed E-state index contributed by atoms with van der Waals surface area (Å²) in [5.74, 6) is 1.72. The molecule has 7 atom stereocenters. The maximum absolute atomic E-state index is 12.5. The Morgan fingerprint density at radius 3 is 2.29 bits per heavy atom. The Balaban J connectivity index is 0.868. The molecular weight excluding hydrogens is 644 g/mol. The number of carbonyl (C=O) groups excluding carboxylic acids is 5. The Morgan fingerprint density at radius 2 is 1.49 bits per heavy atom. The minimum Gasteiger partial charge on any atom is -0.374 e. The third kappa shape index (κ3) is 11.9. The lowest BCUT2D eigenvalue weighted by Crippen LogP contribution is -2.42. The van der Waals surface area contributed by atoms with E-state index in [1.54, 1.807) is 0 Å². The van der Waals surface area contributed by atoms with Crippen LogP contribution >= 0.6 is 11.8 Å². The molecule has 12 nitrogen and oxygen atoms in total. The molecule has 6 amide bonds. The van der Waals surface area contributed by atoms with E-state index in [0.29, 0.717) is 43.4 Å². The smallest absolute Gasteiger partial charge is 0.315 e. The zero-order valence-corrected chi connectivity index (χ0v) is 29.8. The van der Waals surface area contributed by atoms with Gasteiger partial charge in [-0.05, 0) is 69.6 Å². The molecule has 0 aromatic heterocycles. The summed E-state index contributed by atoms with van der Waals surface area (Å²) in [6, 6.07) is 0.310. The van der Waals surface area contributed by atoms with Gasteiger partial charge in [0.2, 0.25) is 23.6 Å². The number of carbonyl (C=O) groups is 5. The van der Waals surface area contributed by atoms with Crippen LogP contribution in [0.3, 0.4) is 0 Å². The first-order chi connectivity index (χ1) is 23.9. The number of rotatable bonds is 19. The molecule has 5 fully saturated rings. The number of hydrogen-bond acceptors (Lipinski definition) is 7. The van der Waals surface area contributed by atoms with E-state index in [0.717, 1.165) is 69.5 Å². The van der Waals surface area contributed by atoms with E-state index >= 15 is 0 Å². The third-order valence-electron chi connectivity index (χ3n) is 11.1. The van der Waals surface area contributed by atoms with E-state index in [4.69, 9.17) is 4.74 Å². The minimum absolute atomic E-state index is 0.0211. The molecular formula is C36H58N6O6S. The monoisotopic (exact) mass is 702 g/mol. The zero-order valence-electron chi connectivity index (χ0n) is 29.0. The van der Waals surface area contributed by atoms with Crippen LogP contribution in [-0.4, -0.2) is 78.0 Å². The Morgan fingerprint density at radius 1 is 0.755 bits per heavy atom. The molecule has 4 saturated heterocycles. The average Bonchev–Trinajstić information content (AvgIpc) is 3.88. The summed E-state index contributed by atoms with van der Waals surface area (Å²) in [5.41, 5.74) is 5.04. The topological polar surface area (TPSA) is 167 Å². The maximum atomic E-state index is 12.5. The van der Waals surface area contributed by atoms with Gasteiger partial charge in [-0.2, -0.15) is 11.8 Å². The highest BCUT2D eigenvalue weighted by Gasteiger charge is 2.48. The molecule has 0 aromatic rings. The van der Waals surface area contributed by atoms with Crippen molar-refractivity contribution in [1.29, 1.82) is 0 Å². The molecule has 5 rings (SSSR count). The van der Waals surface area contributed by atoms with Crippen molar-refractivity contribution in [3.8, 4) is 0 Å². The number of allylic oxidation sites excluding steroid dienone is 2. The normalized spacial score (nSPS) is 29.0. The summed E-state index contributed by atoms with van der Waals surface area (Å²) in [4.78, 5) is 60.6. The Bertz CT molecular complexity index is 1160. The fourth-order valence-electron chi connectivity index (χ4n) is 8.36. The summed E-state index contributed by atoms with van der Waals surface area (Å²) in [6.07, 6.45) is 21.4. The van der Waals surface area contributed by atoms with Crippen molar-refractivity contribution in [3.63, 3.8) is 0 Å². The van der Waals surface area contributed by atoms with Crippen LogP contribution in [0.4, 0.5) is 4.79 Å². The number of ether oxygens (including phenoxy) is 1.